The molecule has 0 unspecified atom stereocenters. The zero-order chi connectivity index (χ0) is 12.1. The summed E-state index contributed by atoms with van der Waals surface area (Å²) in [6, 6.07) is 13.7. The van der Waals surface area contributed by atoms with E-state index in [-0.39, 0.29) is 0 Å². The van der Waals surface area contributed by atoms with Gasteiger partial charge in [-0.05, 0) is 82.5 Å². The van der Waals surface area contributed by atoms with E-state index in [1.165, 1.54) is 23.6 Å². The molecule has 0 heterocycles. The largest absolute Gasteiger partial charge is 0.0616 e. The molecule has 0 amide bonds. The molecule has 19 heavy (non-hydrogen) atoms. The van der Waals surface area contributed by atoms with E-state index >= 15 is 0 Å². The quantitative estimate of drug-likeness (QED) is 0.541. The van der Waals surface area contributed by atoms with Crippen LogP contribution < -0.4 is 0 Å². The Hall–Kier alpha value is -1.56. The summed E-state index contributed by atoms with van der Waals surface area (Å²) in [7, 11) is 0. The molecule has 4 atom stereocenters. The van der Waals surface area contributed by atoms with E-state index in [9.17, 15) is 0 Å². The van der Waals surface area contributed by atoms with E-state index in [1.54, 1.807) is 23.1 Å². The van der Waals surface area contributed by atoms with Crippen LogP contribution in [0.3, 0.4) is 0 Å². The maximum atomic E-state index is 2.43. The molecule has 4 fully saturated rings. The van der Waals surface area contributed by atoms with Gasteiger partial charge < -0.3 is 0 Å². The number of rotatable bonds is 0. The topological polar surface area (TPSA) is 0 Å². The first-order valence-electron chi connectivity index (χ1n) is 7.68. The minimum atomic E-state index is 0.973. The lowest BCUT2D eigenvalue weighted by Crippen LogP contribution is -2.01. The molecular weight excluding hydrogens is 228 g/mol. The van der Waals surface area contributed by atoms with Crippen molar-refractivity contribution in [2.75, 3.05) is 0 Å². The van der Waals surface area contributed by atoms with Gasteiger partial charge in [-0.25, -0.2) is 0 Å². The molecular formula is C19H16. The molecule has 0 aromatic heterocycles. The van der Waals surface area contributed by atoms with Crippen LogP contribution in [0.5, 0.6) is 0 Å². The van der Waals surface area contributed by atoms with E-state index < -0.39 is 0 Å². The fraction of sp³-hybridized carbons (Fsp3) is 0.368. The number of allylic oxidation sites excluding steroid dienone is 1. The maximum absolute atomic E-state index is 2.43. The van der Waals surface area contributed by atoms with E-state index in [1.807, 2.05) is 5.57 Å². The van der Waals surface area contributed by atoms with E-state index in [0.717, 1.165) is 23.7 Å². The van der Waals surface area contributed by atoms with E-state index in [2.05, 4.69) is 36.4 Å². The molecule has 0 spiro atoms. The van der Waals surface area contributed by atoms with Crippen molar-refractivity contribution in [2.45, 2.75) is 19.3 Å². The van der Waals surface area contributed by atoms with Crippen LogP contribution in [0, 0.1) is 23.7 Å². The molecule has 0 N–H and O–H groups in total. The molecule has 5 aliphatic rings. The van der Waals surface area contributed by atoms with Crippen LogP contribution in [0.15, 0.2) is 42.0 Å². The molecule has 4 bridgehead atoms. The van der Waals surface area contributed by atoms with Gasteiger partial charge in [0.15, 0.2) is 0 Å². The zero-order valence-corrected chi connectivity index (χ0v) is 10.9. The Balaban J connectivity index is 1.59. The van der Waals surface area contributed by atoms with Crippen LogP contribution in [-0.4, -0.2) is 0 Å². The predicted octanol–water partition coefficient (Wildman–Crippen LogP) is 4.63. The van der Waals surface area contributed by atoms with Gasteiger partial charge in [-0.2, -0.15) is 0 Å². The standard InChI is InChI=1S/C19H16/c1-2-4-11-7-17-16(6-10(11)3-1)19(17)18-14-8-12-5-13(14)9-15(12)18/h1-4,6-7,12-15H,5,8-9H2/t12-,13-,14-,15-/m1/s1. The second kappa shape index (κ2) is 2.80. The van der Waals surface area contributed by atoms with Crippen LogP contribution in [0.25, 0.3) is 16.3 Å². The lowest BCUT2D eigenvalue weighted by atomic mass is 9.93. The lowest BCUT2D eigenvalue weighted by Gasteiger charge is -2.11. The average molecular weight is 244 g/mol. The maximum Gasteiger partial charge on any atom is -0.00928 e. The summed E-state index contributed by atoms with van der Waals surface area (Å²) in [4.78, 5) is 0. The number of benzene rings is 2. The molecule has 92 valence electrons. The Morgan fingerprint density at radius 2 is 1.32 bits per heavy atom. The summed E-state index contributed by atoms with van der Waals surface area (Å²) in [5, 5.41) is 2.82. The average Bonchev–Trinajstić information content (AvgIpc) is 2.87. The Labute approximate surface area is 113 Å². The van der Waals surface area contributed by atoms with Crippen molar-refractivity contribution in [1.29, 1.82) is 0 Å². The van der Waals surface area contributed by atoms with Crippen molar-refractivity contribution in [2.24, 2.45) is 23.7 Å². The lowest BCUT2D eigenvalue weighted by molar-refractivity contribution is 0.457. The Bertz CT molecular complexity index is 717. The van der Waals surface area contributed by atoms with Crippen LogP contribution in [-0.2, 0) is 0 Å². The SMILES string of the molecule is c1ccc2cc3c(cc2c1)C3=C1[C@@H]2C[C@H]3C[C@@H]2C[C@@H]13. The molecule has 0 nitrogen and oxygen atoms in total. The molecule has 0 saturated heterocycles. The third-order valence-electron chi connectivity index (χ3n) is 6.31. The number of fused-ring (bicyclic) bond motifs is 2. The molecule has 0 aliphatic heterocycles. The van der Waals surface area contributed by atoms with Crippen molar-refractivity contribution in [1.82, 2.24) is 0 Å². The Kier molecular flexibility index (Phi) is 1.38. The van der Waals surface area contributed by atoms with Crippen molar-refractivity contribution >= 4 is 16.3 Å². The first kappa shape index (κ1) is 9.36. The smallest absolute Gasteiger partial charge is 0.00928 e. The van der Waals surface area contributed by atoms with E-state index in [4.69, 9.17) is 0 Å². The van der Waals surface area contributed by atoms with Gasteiger partial charge >= 0.3 is 0 Å². The summed E-state index contributed by atoms with van der Waals surface area (Å²) < 4.78 is 0. The van der Waals surface area contributed by atoms with Crippen molar-refractivity contribution in [3.05, 3.63) is 53.1 Å². The first-order valence-corrected chi connectivity index (χ1v) is 7.68. The van der Waals surface area contributed by atoms with Gasteiger partial charge in [-0.15, -0.1) is 0 Å². The summed E-state index contributed by atoms with van der Waals surface area (Å²) >= 11 is 0. The molecule has 2 aromatic rings. The predicted molar refractivity (Wildman–Crippen MR) is 77.8 cm³/mol. The third kappa shape index (κ3) is 0.970. The summed E-state index contributed by atoms with van der Waals surface area (Å²) in [6.45, 7) is 0. The summed E-state index contributed by atoms with van der Waals surface area (Å²) in [6.07, 6.45) is 4.58. The van der Waals surface area contributed by atoms with Gasteiger partial charge in [0.25, 0.3) is 0 Å². The van der Waals surface area contributed by atoms with E-state index in [0.29, 0.717) is 0 Å². The van der Waals surface area contributed by atoms with Crippen molar-refractivity contribution < 1.29 is 0 Å². The minimum absolute atomic E-state index is 0.973. The minimum Gasteiger partial charge on any atom is -0.0616 e. The number of hydrogen-bond acceptors (Lipinski definition) is 0. The summed E-state index contributed by atoms with van der Waals surface area (Å²) in [5.74, 6) is 4.06. The van der Waals surface area contributed by atoms with Crippen LogP contribution in [0.4, 0.5) is 0 Å². The molecule has 4 saturated carbocycles. The highest BCUT2D eigenvalue weighted by atomic mass is 14.6. The fourth-order valence-electron chi connectivity index (χ4n) is 5.60. The van der Waals surface area contributed by atoms with Gasteiger partial charge in [0, 0.05) is 0 Å². The summed E-state index contributed by atoms with van der Waals surface area (Å²) in [5.41, 5.74) is 6.72. The van der Waals surface area contributed by atoms with Crippen LogP contribution in [0.2, 0.25) is 0 Å². The van der Waals surface area contributed by atoms with Gasteiger partial charge in [0.1, 0.15) is 0 Å². The molecule has 7 rings (SSSR count). The highest BCUT2D eigenvalue weighted by Crippen LogP contribution is 2.69. The zero-order valence-electron chi connectivity index (χ0n) is 10.9. The molecule has 0 radical (unpaired) electrons. The Morgan fingerprint density at radius 1 is 0.737 bits per heavy atom. The normalized spacial score (nSPS) is 36.6. The molecule has 0 heteroatoms. The molecule has 5 aliphatic carbocycles. The Morgan fingerprint density at radius 3 is 1.84 bits per heavy atom. The van der Waals surface area contributed by atoms with Crippen LogP contribution in [0.1, 0.15) is 30.4 Å². The van der Waals surface area contributed by atoms with Crippen LogP contribution >= 0.6 is 0 Å². The highest BCUT2D eigenvalue weighted by Gasteiger charge is 2.58. The van der Waals surface area contributed by atoms with Gasteiger partial charge in [0.2, 0.25) is 0 Å². The first-order chi connectivity index (χ1) is 9.40. The number of hydrogen-bond donors (Lipinski definition) is 0. The third-order valence-corrected chi connectivity index (χ3v) is 6.31. The van der Waals surface area contributed by atoms with Gasteiger partial charge in [-0.3, -0.25) is 0 Å². The van der Waals surface area contributed by atoms with Crippen molar-refractivity contribution in [3.8, 4) is 0 Å². The van der Waals surface area contributed by atoms with Crippen molar-refractivity contribution in [3.63, 3.8) is 0 Å². The molecule has 2 aromatic carbocycles. The van der Waals surface area contributed by atoms with Gasteiger partial charge in [-0.1, -0.05) is 29.8 Å². The monoisotopic (exact) mass is 244 g/mol. The van der Waals surface area contributed by atoms with Gasteiger partial charge in [0.05, 0.1) is 0 Å². The second-order valence-electron chi connectivity index (χ2n) is 7.02. The second-order valence-corrected chi connectivity index (χ2v) is 7.02. The fourth-order valence-corrected chi connectivity index (χ4v) is 5.60. The highest BCUT2D eigenvalue weighted by molar-refractivity contribution is 6.08.